The molecule has 0 saturated heterocycles. The van der Waals surface area contributed by atoms with E-state index < -0.39 is 11.6 Å². The molecular weight excluding hydrogens is 173 g/mol. The molecule has 0 unspecified atom stereocenters. The molecule has 0 atom stereocenters. The Bertz CT molecular complexity index is 137. The van der Waals surface area contributed by atoms with Crippen LogP contribution < -0.4 is 0 Å². The Hall–Kier alpha value is 0.140. The largest absolute Gasteiger partial charge is 0.394 e. The van der Waals surface area contributed by atoms with Gasteiger partial charge in [0.1, 0.15) is 0 Å². The van der Waals surface area contributed by atoms with Gasteiger partial charge in [0.2, 0.25) is 0 Å². The van der Waals surface area contributed by atoms with Gasteiger partial charge in [0.15, 0.2) is 0 Å². The topological polar surface area (TPSA) is 0 Å². The van der Waals surface area contributed by atoms with Crippen LogP contribution in [0.15, 0.2) is 0 Å². The summed E-state index contributed by atoms with van der Waals surface area (Å²) in [6.45, 7) is 0. The van der Waals surface area contributed by atoms with Crippen LogP contribution in [0.2, 0.25) is 0 Å². The minimum atomic E-state index is -4.01. The third-order valence-corrected chi connectivity index (χ3v) is 2.73. The molecule has 0 amide bonds. The van der Waals surface area contributed by atoms with Gasteiger partial charge in [-0.1, -0.05) is 6.42 Å². The molecule has 0 heterocycles. The van der Waals surface area contributed by atoms with Crippen LogP contribution in [0.5, 0.6) is 0 Å². The number of thiol groups is 1. The molecule has 66 valence electrons. The minimum Gasteiger partial charge on any atom is -0.179 e. The number of halogens is 3. The molecule has 1 fully saturated rings. The van der Waals surface area contributed by atoms with Gasteiger partial charge in [0.25, 0.3) is 0 Å². The third kappa shape index (κ3) is 1.50. The van der Waals surface area contributed by atoms with Crippen LogP contribution in [0.4, 0.5) is 13.2 Å². The van der Waals surface area contributed by atoms with Crippen LogP contribution in [0.25, 0.3) is 0 Å². The summed E-state index contributed by atoms with van der Waals surface area (Å²) in [6, 6.07) is 0. The van der Waals surface area contributed by atoms with Crippen molar-refractivity contribution in [2.24, 2.45) is 5.41 Å². The Kier molecular flexibility index (Phi) is 2.42. The summed E-state index contributed by atoms with van der Waals surface area (Å²) in [5, 5.41) is 0. The summed E-state index contributed by atoms with van der Waals surface area (Å²) in [6.07, 6.45) is -2.50. The van der Waals surface area contributed by atoms with Crippen molar-refractivity contribution in [2.75, 3.05) is 5.75 Å². The SMILES string of the molecule is FC(F)(F)C1(CCS)CCC1. The summed E-state index contributed by atoms with van der Waals surface area (Å²) in [5.74, 6) is 0.333. The first-order chi connectivity index (χ1) is 5.02. The van der Waals surface area contributed by atoms with Crippen molar-refractivity contribution >= 4 is 12.6 Å². The first-order valence-electron chi connectivity index (χ1n) is 3.69. The molecule has 0 N–H and O–H groups in total. The minimum absolute atomic E-state index is 0.180. The number of hydrogen-bond donors (Lipinski definition) is 1. The zero-order chi connectivity index (χ0) is 8.54. The van der Waals surface area contributed by atoms with Gasteiger partial charge in [-0.15, -0.1) is 0 Å². The van der Waals surface area contributed by atoms with E-state index in [1.165, 1.54) is 0 Å². The highest BCUT2D eigenvalue weighted by molar-refractivity contribution is 7.80. The highest BCUT2D eigenvalue weighted by Crippen LogP contribution is 2.55. The van der Waals surface area contributed by atoms with Gasteiger partial charge in [-0.05, 0) is 25.0 Å². The molecule has 1 saturated carbocycles. The fourth-order valence-corrected chi connectivity index (χ4v) is 1.92. The lowest BCUT2D eigenvalue weighted by Gasteiger charge is -2.43. The Morgan fingerprint density at radius 1 is 1.27 bits per heavy atom. The van der Waals surface area contributed by atoms with E-state index in [0.29, 0.717) is 25.0 Å². The molecule has 0 nitrogen and oxygen atoms in total. The van der Waals surface area contributed by atoms with Crippen LogP contribution in [-0.4, -0.2) is 11.9 Å². The lowest BCUT2D eigenvalue weighted by molar-refractivity contribution is -0.251. The molecule has 1 rings (SSSR count). The Morgan fingerprint density at radius 2 is 1.82 bits per heavy atom. The average Bonchev–Trinajstić information content (AvgIpc) is 1.75. The zero-order valence-corrected chi connectivity index (χ0v) is 7.01. The second-order valence-electron chi connectivity index (χ2n) is 3.11. The first kappa shape index (κ1) is 9.23. The summed E-state index contributed by atoms with van der Waals surface area (Å²) >= 11 is 3.83. The van der Waals surface area contributed by atoms with Crippen molar-refractivity contribution < 1.29 is 13.2 Å². The van der Waals surface area contributed by atoms with Gasteiger partial charge >= 0.3 is 6.18 Å². The van der Waals surface area contributed by atoms with Crippen LogP contribution >= 0.6 is 12.6 Å². The van der Waals surface area contributed by atoms with Gasteiger partial charge in [-0.3, -0.25) is 0 Å². The molecule has 0 aliphatic heterocycles. The van der Waals surface area contributed by atoms with Crippen molar-refractivity contribution in [3.63, 3.8) is 0 Å². The van der Waals surface area contributed by atoms with E-state index in [-0.39, 0.29) is 6.42 Å². The molecule has 0 spiro atoms. The van der Waals surface area contributed by atoms with Crippen molar-refractivity contribution in [1.29, 1.82) is 0 Å². The van der Waals surface area contributed by atoms with Crippen LogP contribution in [0.3, 0.4) is 0 Å². The molecule has 11 heavy (non-hydrogen) atoms. The summed E-state index contributed by atoms with van der Waals surface area (Å²) in [4.78, 5) is 0. The van der Waals surface area contributed by atoms with E-state index in [0.717, 1.165) is 0 Å². The van der Waals surface area contributed by atoms with Crippen LogP contribution in [0.1, 0.15) is 25.7 Å². The molecular formula is C7H11F3S. The first-order valence-corrected chi connectivity index (χ1v) is 4.33. The Morgan fingerprint density at radius 3 is 1.91 bits per heavy atom. The normalized spacial score (nSPS) is 22.9. The van der Waals surface area contributed by atoms with Crippen molar-refractivity contribution in [3.05, 3.63) is 0 Å². The van der Waals surface area contributed by atoms with E-state index >= 15 is 0 Å². The van der Waals surface area contributed by atoms with E-state index in [2.05, 4.69) is 12.6 Å². The smallest absolute Gasteiger partial charge is 0.179 e. The molecule has 0 radical (unpaired) electrons. The lowest BCUT2D eigenvalue weighted by Crippen LogP contribution is -2.44. The molecule has 1 aliphatic rings. The van der Waals surface area contributed by atoms with Gasteiger partial charge in [-0.2, -0.15) is 25.8 Å². The highest BCUT2D eigenvalue weighted by Gasteiger charge is 2.57. The number of alkyl halides is 3. The Labute approximate surface area is 69.6 Å². The highest BCUT2D eigenvalue weighted by atomic mass is 32.1. The molecule has 0 aromatic carbocycles. The lowest BCUT2D eigenvalue weighted by atomic mass is 9.66. The molecule has 1 aliphatic carbocycles. The van der Waals surface area contributed by atoms with Crippen molar-refractivity contribution in [2.45, 2.75) is 31.9 Å². The maximum Gasteiger partial charge on any atom is 0.394 e. The number of rotatable bonds is 2. The summed E-state index contributed by atoms with van der Waals surface area (Å²) < 4.78 is 36.9. The molecule has 0 aromatic rings. The second-order valence-corrected chi connectivity index (χ2v) is 3.55. The monoisotopic (exact) mass is 184 g/mol. The number of hydrogen-bond acceptors (Lipinski definition) is 1. The van der Waals surface area contributed by atoms with E-state index in [9.17, 15) is 13.2 Å². The van der Waals surface area contributed by atoms with E-state index in [1.807, 2.05) is 0 Å². The van der Waals surface area contributed by atoms with Gasteiger partial charge in [0, 0.05) is 0 Å². The quantitative estimate of drug-likeness (QED) is 0.626. The van der Waals surface area contributed by atoms with Crippen molar-refractivity contribution in [3.8, 4) is 0 Å². The fraction of sp³-hybridized carbons (Fsp3) is 1.00. The zero-order valence-electron chi connectivity index (χ0n) is 6.12. The maximum absolute atomic E-state index is 12.3. The van der Waals surface area contributed by atoms with Crippen molar-refractivity contribution in [1.82, 2.24) is 0 Å². The van der Waals surface area contributed by atoms with Gasteiger partial charge < -0.3 is 0 Å². The van der Waals surface area contributed by atoms with E-state index in [1.54, 1.807) is 0 Å². The standard InChI is InChI=1S/C7H11F3S/c8-7(9,10)6(4-5-11)2-1-3-6/h11H,1-5H2. The van der Waals surface area contributed by atoms with E-state index in [4.69, 9.17) is 0 Å². The predicted molar refractivity (Wildman–Crippen MR) is 40.8 cm³/mol. The third-order valence-electron chi connectivity index (χ3n) is 2.50. The van der Waals surface area contributed by atoms with Crippen LogP contribution in [-0.2, 0) is 0 Å². The predicted octanol–water partition coefficient (Wildman–Crippen LogP) is 3.04. The van der Waals surface area contributed by atoms with Gasteiger partial charge in [-0.25, -0.2) is 0 Å². The van der Waals surface area contributed by atoms with Gasteiger partial charge in [0.05, 0.1) is 5.41 Å². The molecule has 0 aromatic heterocycles. The average molecular weight is 184 g/mol. The maximum atomic E-state index is 12.3. The Balaban J connectivity index is 2.60. The summed E-state index contributed by atoms with van der Waals surface area (Å²) in [7, 11) is 0. The fourth-order valence-electron chi connectivity index (χ4n) is 1.49. The summed E-state index contributed by atoms with van der Waals surface area (Å²) in [5.41, 5.74) is -1.37. The molecule has 0 bridgehead atoms. The van der Waals surface area contributed by atoms with Crippen LogP contribution in [0, 0.1) is 5.41 Å². The second kappa shape index (κ2) is 2.88. The molecule has 4 heteroatoms.